The van der Waals surface area contributed by atoms with Crippen molar-refractivity contribution in [2.24, 2.45) is 10.8 Å². The molecule has 8 nitrogen and oxygen atoms in total. The Morgan fingerprint density at radius 3 is 1.68 bits per heavy atom. The SMILES string of the molecule is CC(C)(C)C(=O)Oc1ccc2c(c1)Oc1cc(OC(=O)C(C)(C)C)ccc1C21OC(=O)c2ccc(C(=O)Cl)cc21. The Bertz CT molecular complexity index is 1530. The predicted octanol–water partition coefficient (Wildman–Crippen LogP) is 6.54. The van der Waals surface area contributed by atoms with E-state index in [1.165, 1.54) is 30.3 Å². The molecule has 0 aliphatic carbocycles. The Labute approximate surface area is 236 Å². The summed E-state index contributed by atoms with van der Waals surface area (Å²) >= 11 is 5.79. The van der Waals surface area contributed by atoms with E-state index in [1.54, 1.807) is 65.8 Å². The number of carbonyl (C=O) groups excluding carboxylic acids is 4. The van der Waals surface area contributed by atoms with E-state index in [0.29, 0.717) is 16.7 Å². The van der Waals surface area contributed by atoms with Gasteiger partial charge < -0.3 is 18.9 Å². The van der Waals surface area contributed by atoms with Gasteiger partial charge in [0.05, 0.1) is 16.4 Å². The second-order valence-corrected chi connectivity index (χ2v) is 12.1. The molecule has 3 aromatic carbocycles. The first-order valence-corrected chi connectivity index (χ1v) is 13.0. The van der Waals surface area contributed by atoms with Crippen molar-refractivity contribution in [2.75, 3.05) is 0 Å². The van der Waals surface area contributed by atoms with Crippen LogP contribution in [0, 0.1) is 10.8 Å². The van der Waals surface area contributed by atoms with E-state index < -0.39 is 39.6 Å². The maximum Gasteiger partial charge on any atom is 0.340 e. The summed E-state index contributed by atoms with van der Waals surface area (Å²) in [6, 6.07) is 14.0. The molecule has 2 aliphatic heterocycles. The summed E-state index contributed by atoms with van der Waals surface area (Å²) in [7, 11) is 0. The van der Waals surface area contributed by atoms with Gasteiger partial charge in [0.1, 0.15) is 23.0 Å². The molecule has 0 saturated heterocycles. The van der Waals surface area contributed by atoms with E-state index >= 15 is 0 Å². The Hall–Kier alpha value is -4.17. The third-order valence-corrected chi connectivity index (χ3v) is 6.84. The van der Waals surface area contributed by atoms with Gasteiger partial charge in [-0.15, -0.1) is 0 Å². The molecule has 0 unspecified atom stereocenters. The molecule has 9 heteroatoms. The quantitative estimate of drug-likeness (QED) is 0.201. The van der Waals surface area contributed by atoms with Crippen LogP contribution in [0.1, 0.15) is 78.9 Å². The average Bonchev–Trinajstić information content (AvgIpc) is 3.14. The van der Waals surface area contributed by atoms with Crippen LogP contribution in [0.2, 0.25) is 0 Å². The van der Waals surface area contributed by atoms with E-state index in [-0.39, 0.29) is 34.1 Å². The minimum Gasteiger partial charge on any atom is -0.456 e. The number of fused-ring (bicyclic) bond motifs is 6. The van der Waals surface area contributed by atoms with Gasteiger partial charge >= 0.3 is 17.9 Å². The highest BCUT2D eigenvalue weighted by Crippen LogP contribution is 2.57. The smallest absolute Gasteiger partial charge is 0.340 e. The zero-order valence-corrected chi connectivity index (χ0v) is 23.6. The highest BCUT2D eigenvalue weighted by Gasteiger charge is 2.54. The van der Waals surface area contributed by atoms with Crippen molar-refractivity contribution in [2.45, 2.75) is 47.1 Å². The number of hydrogen-bond acceptors (Lipinski definition) is 8. The Balaban J connectivity index is 1.71. The molecule has 0 saturated carbocycles. The van der Waals surface area contributed by atoms with E-state index in [1.807, 2.05) is 0 Å². The van der Waals surface area contributed by atoms with Crippen molar-refractivity contribution in [3.8, 4) is 23.0 Å². The van der Waals surface area contributed by atoms with Gasteiger partial charge in [-0.3, -0.25) is 14.4 Å². The maximum absolute atomic E-state index is 13.2. The van der Waals surface area contributed by atoms with Gasteiger partial charge in [-0.1, -0.05) is 0 Å². The largest absolute Gasteiger partial charge is 0.456 e. The molecule has 0 aromatic heterocycles. The topological polar surface area (TPSA) is 105 Å². The molecule has 0 bridgehead atoms. The predicted molar refractivity (Wildman–Crippen MR) is 145 cm³/mol. The van der Waals surface area contributed by atoms with Crippen molar-refractivity contribution >= 4 is 34.8 Å². The lowest BCUT2D eigenvalue weighted by molar-refractivity contribution is -0.143. The number of benzene rings is 3. The summed E-state index contributed by atoms with van der Waals surface area (Å²) in [5, 5.41) is -0.696. The highest BCUT2D eigenvalue weighted by atomic mass is 35.5. The summed E-state index contributed by atoms with van der Waals surface area (Å²) in [6.07, 6.45) is 0. The summed E-state index contributed by atoms with van der Waals surface area (Å²) in [6.45, 7) is 10.4. The maximum atomic E-state index is 13.2. The molecule has 0 radical (unpaired) electrons. The van der Waals surface area contributed by atoms with Crippen LogP contribution in [0.15, 0.2) is 54.6 Å². The molecule has 2 aliphatic rings. The lowest BCUT2D eigenvalue weighted by Gasteiger charge is -2.36. The zero-order valence-electron chi connectivity index (χ0n) is 22.8. The summed E-state index contributed by atoms with van der Waals surface area (Å²) < 4.78 is 23.5. The molecule has 3 aromatic rings. The molecular weight excluding hydrogens is 536 g/mol. The third-order valence-electron chi connectivity index (χ3n) is 6.62. The molecule has 1 spiro atoms. The van der Waals surface area contributed by atoms with Gasteiger partial charge in [0, 0.05) is 34.4 Å². The van der Waals surface area contributed by atoms with Crippen LogP contribution in [0.5, 0.6) is 23.0 Å². The van der Waals surface area contributed by atoms with Crippen LogP contribution >= 0.6 is 11.6 Å². The Kier molecular flexibility index (Phi) is 6.30. The van der Waals surface area contributed by atoms with E-state index in [0.717, 1.165) is 0 Å². The van der Waals surface area contributed by atoms with Gasteiger partial charge in [-0.05, 0) is 95.6 Å². The molecular formula is C31H27ClO8. The van der Waals surface area contributed by atoms with Crippen LogP contribution < -0.4 is 14.2 Å². The second-order valence-electron chi connectivity index (χ2n) is 11.8. The van der Waals surface area contributed by atoms with E-state index in [2.05, 4.69) is 0 Å². The Morgan fingerprint density at radius 1 is 0.725 bits per heavy atom. The van der Waals surface area contributed by atoms with E-state index in [4.69, 9.17) is 30.5 Å². The van der Waals surface area contributed by atoms with E-state index in [9.17, 15) is 19.2 Å². The fourth-order valence-electron chi connectivity index (χ4n) is 4.45. The molecule has 0 fully saturated rings. The van der Waals surface area contributed by atoms with Crippen molar-refractivity contribution in [3.05, 3.63) is 82.4 Å². The minimum atomic E-state index is -1.52. The number of esters is 3. The van der Waals surface area contributed by atoms with Crippen LogP contribution in [0.3, 0.4) is 0 Å². The van der Waals surface area contributed by atoms with Crippen LogP contribution in [0.25, 0.3) is 0 Å². The summed E-state index contributed by atoms with van der Waals surface area (Å²) in [4.78, 5) is 50.4. The summed E-state index contributed by atoms with van der Waals surface area (Å²) in [5.74, 6) is -0.559. The molecule has 2 heterocycles. The molecule has 5 rings (SSSR count). The van der Waals surface area contributed by atoms with Crippen molar-refractivity contribution in [1.29, 1.82) is 0 Å². The highest BCUT2D eigenvalue weighted by molar-refractivity contribution is 6.67. The second kappa shape index (κ2) is 9.20. The monoisotopic (exact) mass is 562 g/mol. The van der Waals surface area contributed by atoms with Crippen molar-refractivity contribution in [3.63, 3.8) is 0 Å². The van der Waals surface area contributed by atoms with Crippen LogP contribution in [0.4, 0.5) is 0 Å². The molecule has 0 amide bonds. The first kappa shape index (κ1) is 27.4. The normalized spacial score (nSPS) is 14.8. The third kappa shape index (κ3) is 4.52. The number of halogens is 1. The number of ether oxygens (including phenoxy) is 4. The van der Waals surface area contributed by atoms with Gasteiger partial charge in [0.2, 0.25) is 0 Å². The lowest BCUT2D eigenvalue weighted by atomic mass is 9.77. The number of carbonyl (C=O) groups is 4. The number of rotatable bonds is 3. The van der Waals surface area contributed by atoms with Gasteiger partial charge in [0.15, 0.2) is 5.60 Å². The molecule has 0 atom stereocenters. The van der Waals surface area contributed by atoms with Crippen LogP contribution in [-0.4, -0.2) is 23.2 Å². The lowest BCUT2D eigenvalue weighted by Crippen LogP contribution is -2.33. The fourth-order valence-corrected chi connectivity index (χ4v) is 4.57. The van der Waals surface area contributed by atoms with Gasteiger partial charge in [0.25, 0.3) is 5.24 Å². The van der Waals surface area contributed by atoms with Gasteiger partial charge in [-0.25, -0.2) is 4.79 Å². The van der Waals surface area contributed by atoms with Crippen LogP contribution in [-0.2, 0) is 19.9 Å². The number of hydrogen-bond donors (Lipinski definition) is 0. The molecule has 206 valence electrons. The summed E-state index contributed by atoms with van der Waals surface area (Å²) in [5.41, 5.74) is -1.29. The zero-order chi connectivity index (χ0) is 29.2. The molecule has 40 heavy (non-hydrogen) atoms. The average molecular weight is 563 g/mol. The standard InChI is InChI=1S/C31H27ClO8/c1-29(2,3)27(35)37-17-8-11-20-23(14-17)39-24-15-18(38-28(36)30(4,5)6)9-12-21(24)31(20)22-13-16(25(32)33)7-10-19(22)26(34)40-31/h7-15H,1-6H3. The van der Waals surface area contributed by atoms with Crippen molar-refractivity contribution < 1.29 is 38.1 Å². The van der Waals surface area contributed by atoms with Gasteiger partial charge in [-0.2, -0.15) is 0 Å². The minimum absolute atomic E-state index is 0.180. The fraction of sp³-hybridized carbons (Fsp3) is 0.290. The molecule has 0 N–H and O–H groups in total. The Morgan fingerprint density at radius 2 is 1.23 bits per heavy atom. The first-order chi connectivity index (χ1) is 18.6. The first-order valence-electron chi connectivity index (χ1n) is 12.6. The van der Waals surface area contributed by atoms with Crippen molar-refractivity contribution in [1.82, 2.24) is 0 Å².